The van der Waals surface area contributed by atoms with E-state index in [2.05, 4.69) is 4.72 Å². The van der Waals surface area contributed by atoms with E-state index in [4.69, 9.17) is 5.73 Å². The molecule has 3 N–H and O–H groups in total. The van der Waals surface area contributed by atoms with Crippen LogP contribution < -0.4 is 10.5 Å². The van der Waals surface area contributed by atoms with Crippen LogP contribution in [0.15, 0.2) is 0 Å². The average molecular weight is 317 g/mol. The van der Waals surface area contributed by atoms with Crippen molar-refractivity contribution in [2.75, 3.05) is 19.3 Å². The topological polar surface area (TPSA) is 92.5 Å². The van der Waals surface area contributed by atoms with Gasteiger partial charge in [-0.1, -0.05) is 20.8 Å². The molecule has 1 aliphatic carbocycles. The Morgan fingerprint density at radius 1 is 1.29 bits per heavy atom. The van der Waals surface area contributed by atoms with E-state index >= 15 is 0 Å². The normalized spacial score (nSPS) is 31.3. The Hall–Kier alpha value is -0.660. The summed E-state index contributed by atoms with van der Waals surface area (Å²) in [6, 6.07) is -0.564. The molecule has 2 aliphatic rings. The van der Waals surface area contributed by atoms with Crippen molar-refractivity contribution in [3.05, 3.63) is 0 Å². The molecule has 0 aromatic rings. The van der Waals surface area contributed by atoms with E-state index in [1.807, 2.05) is 20.8 Å². The van der Waals surface area contributed by atoms with Crippen LogP contribution in [0.4, 0.5) is 0 Å². The fourth-order valence-corrected chi connectivity index (χ4v) is 4.36. The van der Waals surface area contributed by atoms with Crippen molar-refractivity contribution >= 4 is 15.9 Å². The lowest BCUT2D eigenvalue weighted by Crippen LogP contribution is -2.54. The summed E-state index contributed by atoms with van der Waals surface area (Å²) < 4.78 is 25.6. The zero-order chi connectivity index (χ0) is 16.0. The van der Waals surface area contributed by atoms with Gasteiger partial charge in [0.1, 0.15) is 6.04 Å². The van der Waals surface area contributed by atoms with Crippen molar-refractivity contribution in [3.63, 3.8) is 0 Å². The van der Waals surface area contributed by atoms with E-state index in [0.29, 0.717) is 24.9 Å². The molecule has 1 saturated carbocycles. The molecule has 0 aromatic heterocycles. The number of likely N-dealkylation sites (tertiary alicyclic amines) is 1. The number of nitrogens with two attached hydrogens (primary N) is 1. The van der Waals surface area contributed by atoms with E-state index in [1.165, 1.54) is 0 Å². The predicted molar refractivity (Wildman–Crippen MR) is 82.0 cm³/mol. The van der Waals surface area contributed by atoms with E-state index in [9.17, 15) is 13.2 Å². The molecule has 2 rings (SSSR count). The molecule has 1 aliphatic heterocycles. The van der Waals surface area contributed by atoms with Crippen LogP contribution in [0.2, 0.25) is 0 Å². The number of rotatable bonds is 3. The second kappa shape index (κ2) is 5.52. The highest BCUT2D eigenvalue weighted by molar-refractivity contribution is 7.88. The van der Waals surface area contributed by atoms with Gasteiger partial charge in [0.2, 0.25) is 15.9 Å². The highest BCUT2D eigenvalue weighted by atomic mass is 32.2. The number of hydrogen-bond acceptors (Lipinski definition) is 4. The highest BCUT2D eigenvalue weighted by Gasteiger charge is 2.45. The Labute approximate surface area is 127 Å². The van der Waals surface area contributed by atoms with Gasteiger partial charge in [-0.3, -0.25) is 4.79 Å². The van der Waals surface area contributed by atoms with Gasteiger partial charge in [0.25, 0.3) is 0 Å². The van der Waals surface area contributed by atoms with Crippen molar-refractivity contribution in [1.29, 1.82) is 0 Å². The first-order valence-electron chi connectivity index (χ1n) is 7.50. The molecule has 21 heavy (non-hydrogen) atoms. The fraction of sp³-hybridized carbons (Fsp3) is 0.929. The fourth-order valence-electron chi connectivity index (χ4n) is 3.48. The van der Waals surface area contributed by atoms with Crippen LogP contribution in [0, 0.1) is 17.3 Å². The zero-order valence-corrected chi connectivity index (χ0v) is 14.1. The third-order valence-electron chi connectivity index (χ3n) is 4.67. The summed E-state index contributed by atoms with van der Waals surface area (Å²) in [6.45, 7) is 6.97. The molecule has 2 fully saturated rings. The molecule has 0 spiro atoms. The largest absolute Gasteiger partial charge is 0.341 e. The van der Waals surface area contributed by atoms with Crippen LogP contribution >= 0.6 is 0 Å². The van der Waals surface area contributed by atoms with Crippen molar-refractivity contribution in [2.45, 2.75) is 45.7 Å². The monoisotopic (exact) mass is 317 g/mol. The van der Waals surface area contributed by atoms with Gasteiger partial charge in [0.05, 0.1) is 6.26 Å². The number of fused-ring (bicyclic) bond motifs is 1. The maximum atomic E-state index is 12.8. The number of nitrogens with one attached hydrogen (secondary N) is 1. The van der Waals surface area contributed by atoms with Crippen LogP contribution in [0.25, 0.3) is 0 Å². The number of hydrogen-bond donors (Lipinski definition) is 2. The van der Waals surface area contributed by atoms with Gasteiger partial charge in [-0.25, -0.2) is 13.1 Å². The molecule has 0 radical (unpaired) electrons. The van der Waals surface area contributed by atoms with Gasteiger partial charge >= 0.3 is 0 Å². The first kappa shape index (κ1) is 16.7. The summed E-state index contributed by atoms with van der Waals surface area (Å²) in [6.07, 6.45) is 3.19. The first-order chi connectivity index (χ1) is 9.49. The van der Waals surface area contributed by atoms with E-state index in [-0.39, 0.29) is 11.9 Å². The molecule has 6 nitrogen and oxygen atoms in total. The standard InChI is InChI=1S/C14H27N3O3S/c1-14(2,3)12(16-21(4,19)20)13(18)17-7-9-5-6-11(15)10(9)8-17/h9-12,16H,5-8,15H2,1-4H3. The summed E-state index contributed by atoms with van der Waals surface area (Å²) in [5.41, 5.74) is 5.62. The quantitative estimate of drug-likeness (QED) is 0.775. The van der Waals surface area contributed by atoms with Gasteiger partial charge in [0, 0.05) is 19.1 Å². The molecule has 1 heterocycles. The maximum absolute atomic E-state index is 12.8. The third kappa shape index (κ3) is 3.76. The Kier molecular flexibility index (Phi) is 4.39. The van der Waals surface area contributed by atoms with E-state index in [1.54, 1.807) is 4.90 Å². The summed E-state index contributed by atoms with van der Waals surface area (Å²) >= 11 is 0. The van der Waals surface area contributed by atoms with Crippen molar-refractivity contribution in [2.24, 2.45) is 23.0 Å². The Morgan fingerprint density at radius 3 is 2.38 bits per heavy atom. The smallest absolute Gasteiger partial charge is 0.241 e. The molecule has 1 amide bonds. The lowest BCUT2D eigenvalue weighted by atomic mass is 9.86. The van der Waals surface area contributed by atoms with Crippen LogP contribution in [0.3, 0.4) is 0 Å². The minimum atomic E-state index is -3.43. The molecular weight excluding hydrogens is 290 g/mol. The lowest BCUT2D eigenvalue weighted by molar-refractivity contribution is -0.134. The first-order valence-corrected chi connectivity index (χ1v) is 9.40. The minimum Gasteiger partial charge on any atom is -0.341 e. The van der Waals surface area contributed by atoms with Crippen molar-refractivity contribution in [3.8, 4) is 0 Å². The van der Waals surface area contributed by atoms with Crippen LogP contribution in [0.5, 0.6) is 0 Å². The molecule has 122 valence electrons. The third-order valence-corrected chi connectivity index (χ3v) is 5.33. The molecule has 4 atom stereocenters. The maximum Gasteiger partial charge on any atom is 0.241 e. The lowest BCUT2D eigenvalue weighted by Gasteiger charge is -2.33. The van der Waals surface area contributed by atoms with Crippen LogP contribution in [0.1, 0.15) is 33.6 Å². The second-order valence-corrected chi connectivity index (χ2v) is 9.38. The number of carbonyl (C=O) groups is 1. The molecule has 0 bridgehead atoms. The van der Waals surface area contributed by atoms with E-state index in [0.717, 1.165) is 19.1 Å². The summed E-state index contributed by atoms with van der Waals surface area (Å²) in [5.74, 6) is 0.713. The van der Waals surface area contributed by atoms with Crippen molar-refractivity contribution < 1.29 is 13.2 Å². The number of nitrogens with zero attached hydrogens (tertiary/aromatic N) is 1. The van der Waals surface area contributed by atoms with Gasteiger partial charge < -0.3 is 10.6 Å². The molecule has 1 saturated heterocycles. The van der Waals surface area contributed by atoms with Gasteiger partial charge in [0.15, 0.2) is 0 Å². The van der Waals surface area contributed by atoms with Crippen LogP contribution in [-0.2, 0) is 14.8 Å². The summed E-state index contributed by atoms with van der Waals surface area (Å²) in [4.78, 5) is 14.6. The highest BCUT2D eigenvalue weighted by Crippen LogP contribution is 2.38. The molecular formula is C14H27N3O3S. The predicted octanol–water partition coefficient (Wildman–Crippen LogP) is 0.146. The number of sulfonamides is 1. The number of carbonyl (C=O) groups excluding carboxylic acids is 1. The van der Waals surface area contributed by atoms with E-state index < -0.39 is 21.5 Å². The molecule has 7 heteroatoms. The minimum absolute atomic E-state index is 0.130. The molecule has 0 aromatic carbocycles. The Balaban J connectivity index is 2.13. The van der Waals surface area contributed by atoms with Crippen molar-refractivity contribution in [1.82, 2.24) is 9.62 Å². The van der Waals surface area contributed by atoms with Gasteiger partial charge in [-0.15, -0.1) is 0 Å². The summed E-state index contributed by atoms with van der Waals surface area (Å²) in [5, 5.41) is 0. The Morgan fingerprint density at radius 2 is 1.90 bits per heavy atom. The molecule has 4 unspecified atom stereocenters. The zero-order valence-electron chi connectivity index (χ0n) is 13.3. The number of amides is 1. The average Bonchev–Trinajstić information content (AvgIpc) is 2.86. The van der Waals surface area contributed by atoms with Gasteiger partial charge in [-0.05, 0) is 30.1 Å². The SMILES string of the molecule is CC(C)(C)C(NS(C)(=O)=O)C(=O)N1CC2CCC(N)C2C1. The van der Waals surface area contributed by atoms with Crippen LogP contribution in [-0.4, -0.2) is 50.7 Å². The second-order valence-electron chi connectivity index (χ2n) is 7.60. The van der Waals surface area contributed by atoms with Gasteiger partial charge in [-0.2, -0.15) is 0 Å². The summed E-state index contributed by atoms with van der Waals surface area (Å²) in [7, 11) is -3.43. The Bertz CT molecular complexity index is 512.